The highest BCUT2D eigenvalue weighted by Crippen LogP contribution is 2.38. The van der Waals surface area contributed by atoms with Crippen molar-refractivity contribution in [3.63, 3.8) is 0 Å². The molecule has 1 unspecified atom stereocenters. The minimum atomic E-state index is -0.453. The third kappa shape index (κ3) is 6.24. The van der Waals surface area contributed by atoms with Crippen molar-refractivity contribution < 1.29 is 19.1 Å². The van der Waals surface area contributed by atoms with E-state index in [2.05, 4.69) is 10.3 Å². The smallest absolute Gasteiger partial charge is 0.336 e. The highest BCUT2D eigenvalue weighted by atomic mass is 35.5. The number of amides is 2. The third-order valence-electron chi connectivity index (χ3n) is 6.28. The van der Waals surface area contributed by atoms with Gasteiger partial charge >= 0.3 is 5.97 Å². The van der Waals surface area contributed by atoms with E-state index in [4.69, 9.17) is 16.3 Å². The lowest BCUT2D eigenvalue weighted by atomic mass is 9.83. The van der Waals surface area contributed by atoms with Gasteiger partial charge in [-0.2, -0.15) is 0 Å². The van der Waals surface area contributed by atoms with Crippen molar-refractivity contribution in [2.75, 3.05) is 6.61 Å². The number of allylic oxidation sites excluding steroid dienone is 1. The van der Waals surface area contributed by atoms with Gasteiger partial charge in [0.05, 0.1) is 18.7 Å². The first-order valence-electron chi connectivity index (χ1n) is 12.1. The fourth-order valence-corrected chi connectivity index (χ4v) is 4.66. The first kappa shape index (κ1) is 26.1. The van der Waals surface area contributed by atoms with Crippen molar-refractivity contribution >= 4 is 29.4 Å². The van der Waals surface area contributed by atoms with Crippen LogP contribution in [0.1, 0.15) is 53.2 Å². The van der Waals surface area contributed by atoms with Crippen LogP contribution in [-0.4, -0.2) is 34.3 Å². The highest BCUT2D eigenvalue weighted by molar-refractivity contribution is 6.30. The lowest BCUT2D eigenvalue weighted by Crippen LogP contribution is -2.38. The molecule has 1 N–H and O–H groups in total. The normalized spacial score (nSPS) is 15.5. The van der Waals surface area contributed by atoms with E-state index in [9.17, 15) is 14.4 Å². The first-order chi connectivity index (χ1) is 17.9. The van der Waals surface area contributed by atoms with E-state index in [1.54, 1.807) is 67.5 Å². The van der Waals surface area contributed by atoms with E-state index in [0.29, 0.717) is 28.4 Å². The Morgan fingerprint density at radius 1 is 1.11 bits per heavy atom. The summed E-state index contributed by atoms with van der Waals surface area (Å²) < 4.78 is 5.36. The van der Waals surface area contributed by atoms with Gasteiger partial charge in [-0.05, 0) is 60.9 Å². The number of hydrogen-bond donors (Lipinski definition) is 1. The van der Waals surface area contributed by atoms with Gasteiger partial charge in [-0.1, -0.05) is 41.9 Å². The number of ether oxygens (including phenoxy) is 1. The summed E-state index contributed by atoms with van der Waals surface area (Å²) >= 11 is 6.20. The Morgan fingerprint density at radius 3 is 2.62 bits per heavy atom. The molecule has 1 aliphatic rings. The molecule has 2 aromatic carbocycles. The zero-order valence-electron chi connectivity index (χ0n) is 20.7. The summed E-state index contributed by atoms with van der Waals surface area (Å²) in [6.45, 7) is 4.31. The largest absolute Gasteiger partial charge is 0.463 e. The summed E-state index contributed by atoms with van der Waals surface area (Å²) in [5.74, 6) is -1.25. The van der Waals surface area contributed by atoms with Crippen LogP contribution < -0.4 is 5.32 Å². The van der Waals surface area contributed by atoms with Gasteiger partial charge in [0.25, 0.3) is 5.91 Å². The number of halogens is 1. The summed E-state index contributed by atoms with van der Waals surface area (Å²) in [6, 6.07) is 18.0. The lowest BCUT2D eigenvalue weighted by Gasteiger charge is -2.34. The Kier molecular flexibility index (Phi) is 8.36. The average Bonchev–Trinajstić information content (AvgIpc) is 2.90. The van der Waals surface area contributed by atoms with Crippen molar-refractivity contribution in [2.24, 2.45) is 0 Å². The number of pyridine rings is 1. The molecule has 0 saturated carbocycles. The molecule has 7 nitrogen and oxygen atoms in total. The zero-order valence-corrected chi connectivity index (χ0v) is 21.5. The second-order valence-corrected chi connectivity index (χ2v) is 9.19. The molecule has 2 heterocycles. The molecule has 1 atom stereocenters. The maximum Gasteiger partial charge on any atom is 0.336 e. The number of benzene rings is 2. The summed E-state index contributed by atoms with van der Waals surface area (Å²) in [7, 11) is 0. The molecule has 3 aromatic rings. The van der Waals surface area contributed by atoms with Crippen LogP contribution in [0.15, 0.2) is 84.3 Å². The Hall–Kier alpha value is -3.97. The summed E-state index contributed by atoms with van der Waals surface area (Å²) in [5, 5.41) is 3.42. The number of nitrogens with one attached hydrogen (secondary N) is 1. The zero-order chi connectivity index (χ0) is 26.4. The number of carbonyl (C=O) groups excluding carboxylic acids is 3. The number of rotatable bonds is 8. The number of hydrogen-bond acceptors (Lipinski definition) is 5. The molecular formula is C29H28ClN3O4. The second kappa shape index (κ2) is 11.8. The fourth-order valence-electron chi connectivity index (χ4n) is 4.47. The predicted octanol–water partition coefficient (Wildman–Crippen LogP) is 5.02. The molecule has 8 heteroatoms. The SMILES string of the molecule is CCOC(=O)C1=C(C)N(Cc2cccc(C(=O)NCc3cccnc3)c2)C(=O)CC1c1cccc(Cl)c1. The molecule has 1 aromatic heterocycles. The Balaban J connectivity index is 1.58. The van der Waals surface area contributed by atoms with Gasteiger partial charge in [-0.3, -0.25) is 14.6 Å². The molecule has 0 fully saturated rings. The lowest BCUT2D eigenvalue weighted by molar-refractivity contribution is -0.140. The first-order valence-corrected chi connectivity index (χ1v) is 12.4. The maximum atomic E-state index is 13.3. The van der Waals surface area contributed by atoms with Gasteiger partial charge in [0.15, 0.2) is 0 Å². The molecule has 2 amide bonds. The molecule has 4 rings (SSSR count). The molecule has 0 spiro atoms. The molecular weight excluding hydrogens is 490 g/mol. The van der Waals surface area contributed by atoms with Gasteiger partial charge in [0, 0.05) is 47.6 Å². The van der Waals surface area contributed by atoms with Gasteiger partial charge in [-0.25, -0.2) is 4.79 Å². The minimum absolute atomic E-state index is 0.108. The average molecular weight is 518 g/mol. The summed E-state index contributed by atoms with van der Waals surface area (Å²) in [5.41, 5.74) is 3.91. The quantitative estimate of drug-likeness (QED) is 0.424. The van der Waals surface area contributed by atoms with Gasteiger partial charge in [0.1, 0.15) is 0 Å². The monoisotopic (exact) mass is 517 g/mol. The van der Waals surface area contributed by atoms with Crippen molar-refractivity contribution in [1.82, 2.24) is 15.2 Å². The molecule has 0 saturated heterocycles. The molecule has 0 bridgehead atoms. The van der Waals surface area contributed by atoms with Crippen LogP contribution in [0.4, 0.5) is 0 Å². The molecule has 0 aliphatic carbocycles. The molecule has 190 valence electrons. The van der Waals surface area contributed by atoms with Crippen LogP contribution in [0, 0.1) is 0 Å². The van der Waals surface area contributed by atoms with Crippen molar-refractivity contribution in [3.05, 3.63) is 112 Å². The Labute approximate surface area is 221 Å². The predicted molar refractivity (Wildman–Crippen MR) is 141 cm³/mol. The molecule has 1 aliphatic heterocycles. The second-order valence-electron chi connectivity index (χ2n) is 8.76. The number of carbonyl (C=O) groups is 3. The van der Waals surface area contributed by atoms with Gasteiger partial charge in [0.2, 0.25) is 5.91 Å². The van der Waals surface area contributed by atoms with E-state index in [-0.39, 0.29) is 31.4 Å². The number of esters is 1. The van der Waals surface area contributed by atoms with Crippen molar-refractivity contribution in [1.29, 1.82) is 0 Å². The summed E-state index contributed by atoms with van der Waals surface area (Å²) in [6.07, 6.45) is 3.49. The minimum Gasteiger partial charge on any atom is -0.463 e. The van der Waals surface area contributed by atoms with Crippen LogP contribution >= 0.6 is 11.6 Å². The number of nitrogens with zero attached hydrogens (tertiary/aromatic N) is 2. The summed E-state index contributed by atoms with van der Waals surface area (Å²) in [4.78, 5) is 44.7. The number of aromatic nitrogens is 1. The van der Waals surface area contributed by atoms with E-state index in [1.807, 2.05) is 24.3 Å². The van der Waals surface area contributed by atoms with Crippen LogP contribution in [0.5, 0.6) is 0 Å². The van der Waals surface area contributed by atoms with E-state index in [0.717, 1.165) is 16.7 Å². The van der Waals surface area contributed by atoms with Crippen LogP contribution in [0.25, 0.3) is 0 Å². The van der Waals surface area contributed by atoms with E-state index >= 15 is 0 Å². The van der Waals surface area contributed by atoms with Crippen LogP contribution in [-0.2, 0) is 27.4 Å². The van der Waals surface area contributed by atoms with Crippen molar-refractivity contribution in [2.45, 2.75) is 39.3 Å². The Bertz CT molecular complexity index is 1340. The molecule has 0 radical (unpaired) electrons. The van der Waals surface area contributed by atoms with E-state index in [1.165, 1.54) is 0 Å². The standard InChI is InChI=1S/C29H28ClN3O4/c1-3-37-29(36)27-19(2)33(26(34)15-25(27)22-9-5-11-24(30)14-22)18-20-7-4-10-23(13-20)28(35)32-17-21-8-6-12-31-16-21/h4-14,16,25H,3,15,17-18H2,1-2H3,(H,32,35). The maximum absolute atomic E-state index is 13.3. The van der Waals surface area contributed by atoms with Crippen LogP contribution in [0.3, 0.4) is 0 Å². The Morgan fingerprint density at radius 2 is 1.89 bits per heavy atom. The topological polar surface area (TPSA) is 88.6 Å². The van der Waals surface area contributed by atoms with E-state index < -0.39 is 11.9 Å². The molecule has 37 heavy (non-hydrogen) atoms. The third-order valence-corrected chi connectivity index (χ3v) is 6.51. The van der Waals surface area contributed by atoms with Crippen molar-refractivity contribution in [3.8, 4) is 0 Å². The highest BCUT2D eigenvalue weighted by Gasteiger charge is 2.37. The van der Waals surface area contributed by atoms with Crippen LogP contribution in [0.2, 0.25) is 5.02 Å². The van der Waals surface area contributed by atoms with Gasteiger partial charge in [-0.15, -0.1) is 0 Å². The van der Waals surface area contributed by atoms with Gasteiger partial charge < -0.3 is 15.0 Å². The fraction of sp³-hybridized carbons (Fsp3) is 0.241.